The zero-order chi connectivity index (χ0) is 21.2. The number of amides is 1. The molecule has 0 N–H and O–H groups in total. The number of aryl methyl sites for hydroxylation is 2. The molecule has 0 unspecified atom stereocenters. The minimum absolute atomic E-state index is 0.0937. The lowest BCUT2D eigenvalue weighted by Crippen LogP contribution is -2.39. The molecule has 1 aromatic carbocycles. The number of nitrogens with zero attached hydrogens (tertiary/aromatic N) is 3. The number of ether oxygens (including phenoxy) is 1. The minimum Gasteiger partial charge on any atom is -0.482 e. The van der Waals surface area contributed by atoms with Crippen LogP contribution in [-0.2, 0) is 14.8 Å². The molecule has 0 atom stereocenters. The summed E-state index contributed by atoms with van der Waals surface area (Å²) in [4.78, 5) is 14.2. The van der Waals surface area contributed by atoms with E-state index in [0.29, 0.717) is 41.0 Å². The predicted octanol–water partition coefficient (Wildman–Crippen LogP) is 2.90. The summed E-state index contributed by atoms with van der Waals surface area (Å²) in [5.41, 5.74) is 0.325. The molecule has 0 aliphatic carbocycles. The molecular formula is C18H21Cl2N3O5S. The van der Waals surface area contributed by atoms with Gasteiger partial charge in [-0.2, -0.15) is 4.31 Å². The summed E-state index contributed by atoms with van der Waals surface area (Å²) in [6.07, 6.45) is 0.506. The van der Waals surface area contributed by atoms with Crippen molar-refractivity contribution in [2.75, 3.05) is 32.8 Å². The van der Waals surface area contributed by atoms with E-state index in [1.165, 1.54) is 10.4 Å². The van der Waals surface area contributed by atoms with Gasteiger partial charge >= 0.3 is 0 Å². The van der Waals surface area contributed by atoms with Gasteiger partial charge in [-0.1, -0.05) is 28.4 Å². The molecule has 1 saturated heterocycles. The lowest BCUT2D eigenvalue weighted by Gasteiger charge is -2.22. The van der Waals surface area contributed by atoms with E-state index in [4.69, 9.17) is 32.5 Å². The van der Waals surface area contributed by atoms with Crippen molar-refractivity contribution in [3.8, 4) is 5.75 Å². The summed E-state index contributed by atoms with van der Waals surface area (Å²) >= 11 is 12.0. The van der Waals surface area contributed by atoms with Crippen LogP contribution in [0.3, 0.4) is 0 Å². The van der Waals surface area contributed by atoms with Crippen molar-refractivity contribution in [3.63, 3.8) is 0 Å². The van der Waals surface area contributed by atoms with E-state index in [1.54, 1.807) is 30.9 Å². The fourth-order valence-electron chi connectivity index (χ4n) is 3.17. The van der Waals surface area contributed by atoms with Crippen LogP contribution < -0.4 is 4.74 Å². The molecule has 0 bridgehead atoms. The summed E-state index contributed by atoms with van der Waals surface area (Å²) in [6.45, 7) is 4.12. The molecular weight excluding hydrogens is 441 g/mol. The highest BCUT2D eigenvalue weighted by molar-refractivity contribution is 7.89. The van der Waals surface area contributed by atoms with Crippen molar-refractivity contribution in [3.05, 3.63) is 39.7 Å². The van der Waals surface area contributed by atoms with Crippen molar-refractivity contribution >= 4 is 39.1 Å². The van der Waals surface area contributed by atoms with Gasteiger partial charge in [0.05, 0.1) is 5.02 Å². The number of benzene rings is 1. The minimum atomic E-state index is -3.74. The summed E-state index contributed by atoms with van der Waals surface area (Å²) in [5.74, 6) is 0.328. The predicted molar refractivity (Wildman–Crippen MR) is 108 cm³/mol. The Balaban J connectivity index is 1.63. The zero-order valence-electron chi connectivity index (χ0n) is 16.0. The van der Waals surface area contributed by atoms with Crippen LogP contribution in [0.4, 0.5) is 0 Å². The van der Waals surface area contributed by atoms with Crippen molar-refractivity contribution in [1.29, 1.82) is 0 Å². The molecule has 1 fully saturated rings. The summed E-state index contributed by atoms with van der Waals surface area (Å²) in [6, 6.07) is 4.76. The molecule has 0 spiro atoms. The van der Waals surface area contributed by atoms with Gasteiger partial charge in [0.15, 0.2) is 12.4 Å². The molecule has 2 heterocycles. The van der Waals surface area contributed by atoms with Gasteiger partial charge in [0.1, 0.15) is 16.3 Å². The van der Waals surface area contributed by atoms with Crippen LogP contribution in [0.15, 0.2) is 27.6 Å². The first-order chi connectivity index (χ1) is 13.7. The van der Waals surface area contributed by atoms with E-state index >= 15 is 0 Å². The van der Waals surface area contributed by atoms with Gasteiger partial charge < -0.3 is 14.2 Å². The van der Waals surface area contributed by atoms with Gasteiger partial charge in [-0.15, -0.1) is 0 Å². The van der Waals surface area contributed by atoms with Crippen LogP contribution >= 0.6 is 23.2 Å². The second-order valence-electron chi connectivity index (χ2n) is 6.66. The highest BCUT2D eigenvalue weighted by atomic mass is 35.5. The van der Waals surface area contributed by atoms with E-state index in [-0.39, 0.29) is 36.3 Å². The van der Waals surface area contributed by atoms with Crippen LogP contribution in [0.2, 0.25) is 10.0 Å². The second-order valence-corrected chi connectivity index (χ2v) is 9.37. The van der Waals surface area contributed by atoms with Gasteiger partial charge in [0.25, 0.3) is 5.91 Å². The quantitative estimate of drug-likeness (QED) is 0.679. The molecule has 1 aliphatic heterocycles. The number of carbonyl (C=O) groups is 1. The highest BCUT2D eigenvalue weighted by Gasteiger charge is 2.32. The molecule has 8 nitrogen and oxygen atoms in total. The largest absolute Gasteiger partial charge is 0.482 e. The topological polar surface area (TPSA) is 93.0 Å². The zero-order valence-corrected chi connectivity index (χ0v) is 18.4. The van der Waals surface area contributed by atoms with E-state index < -0.39 is 10.0 Å². The molecule has 1 aliphatic rings. The van der Waals surface area contributed by atoms with Crippen molar-refractivity contribution in [1.82, 2.24) is 14.4 Å². The van der Waals surface area contributed by atoms with Gasteiger partial charge in [-0.3, -0.25) is 4.79 Å². The van der Waals surface area contributed by atoms with Gasteiger partial charge in [-0.05, 0) is 32.4 Å². The van der Waals surface area contributed by atoms with Crippen LogP contribution in [0.25, 0.3) is 0 Å². The van der Waals surface area contributed by atoms with Crippen molar-refractivity contribution in [2.24, 2.45) is 0 Å². The average molecular weight is 462 g/mol. The third kappa shape index (κ3) is 4.85. The van der Waals surface area contributed by atoms with Crippen LogP contribution in [-0.4, -0.2) is 61.5 Å². The number of carbonyl (C=O) groups excluding carboxylic acids is 1. The van der Waals surface area contributed by atoms with Crippen molar-refractivity contribution < 1.29 is 22.5 Å². The number of aromatic nitrogens is 1. The Bertz CT molecular complexity index is 989. The molecule has 1 aromatic heterocycles. The monoisotopic (exact) mass is 461 g/mol. The lowest BCUT2D eigenvalue weighted by molar-refractivity contribution is -0.133. The first kappa shape index (κ1) is 21.9. The molecule has 0 radical (unpaired) electrons. The molecule has 1 amide bonds. The first-order valence-corrected chi connectivity index (χ1v) is 11.2. The summed E-state index contributed by atoms with van der Waals surface area (Å²) in [7, 11) is -3.74. The average Bonchev–Trinajstić information content (AvgIpc) is 2.87. The first-order valence-electron chi connectivity index (χ1n) is 8.99. The maximum atomic E-state index is 13.0. The third-order valence-corrected chi connectivity index (χ3v) is 7.31. The molecule has 29 heavy (non-hydrogen) atoms. The molecule has 158 valence electrons. The van der Waals surface area contributed by atoms with Gasteiger partial charge in [0.2, 0.25) is 10.0 Å². The standard InChI is InChI=1S/C18H21Cl2N3O5S/c1-12-18(13(2)28-21-12)29(25,26)23-7-3-6-22(8-9-23)17(24)11-27-16-10-14(19)4-5-15(16)20/h4-5,10H,3,6-9,11H2,1-2H3. The molecule has 0 saturated carbocycles. The smallest absolute Gasteiger partial charge is 0.260 e. The van der Waals surface area contributed by atoms with E-state index in [9.17, 15) is 13.2 Å². The fraction of sp³-hybridized carbons (Fsp3) is 0.444. The van der Waals surface area contributed by atoms with Gasteiger partial charge in [-0.25, -0.2) is 8.42 Å². The van der Waals surface area contributed by atoms with Crippen LogP contribution in [0, 0.1) is 13.8 Å². The highest BCUT2D eigenvalue weighted by Crippen LogP contribution is 2.28. The van der Waals surface area contributed by atoms with Crippen LogP contribution in [0.1, 0.15) is 17.9 Å². The molecule has 2 aromatic rings. The van der Waals surface area contributed by atoms with Crippen molar-refractivity contribution in [2.45, 2.75) is 25.2 Å². The number of sulfonamides is 1. The Morgan fingerprint density at radius 1 is 1.21 bits per heavy atom. The Morgan fingerprint density at radius 3 is 2.66 bits per heavy atom. The number of hydrogen-bond donors (Lipinski definition) is 0. The SMILES string of the molecule is Cc1noc(C)c1S(=O)(=O)N1CCCN(C(=O)COc2cc(Cl)ccc2Cl)CC1. The lowest BCUT2D eigenvalue weighted by atomic mass is 10.3. The van der Waals surface area contributed by atoms with Gasteiger partial charge in [0, 0.05) is 37.3 Å². The normalized spacial score (nSPS) is 15.9. The second kappa shape index (κ2) is 8.91. The summed E-state index contributed by atoms with van der Waals surface area (Å²) in [5, 5.41) is 4.54. The Hall–Kier alpha value is -1.81. The number of hydrogen-bond acceptors (Lipinski definition) is 6. The molecule has 3 rings (SSSR count). The van der Waals surface area contributed by atoms with E-state index in [1.807, 2.05) is 0 Å². The fourth-order valence-corrected chi connectivity index (χ4v) is 5.27. The van der Waals surface area contributed by atoms with E-state index in [2.05, 4.69) is 5.16 Å². The number of halogens is 2. The maximum Gasteiger partial charge on any atom is 0.260 e. The maximum absolute atomic E-state index is 13.0. The van der Waals surface area contributed by atoms with Crippen LogP contribution in [0.5, 0.6) is 5.75 Å². The third-order valence-electron chi connectivity index (χ3n) is 4.62. The number of rotatable bonds is 5. The summed E-state index contributed by atoms with van der Waals surface area (Å²) < 4.78 is 37.8. The Labute approximate surface area is 179 Å². The molecule has 11 heteroatoms. The Kier molecular flexibility index (Phi) is 6.72. The van der Waals surface area contributed by atoms with E-state index in [0.717, 1.165) is 0 Å². The Morgan fingerprint density at radius 2 is 1.97 bits per heavy atom.